The van der Waals surface area contributed by atoms with E-state index in [0.717, 1.165) is 27.9 Å². The number of rotatable bonds is 8. The first kappa shape index (κ1) is 22.4. The highest BCUT2D eigenvalue weighted by Crippen LogP contribution is 2.30. The van der Waals surface area contributed by atoms with Crippen LogP contribution in [0, 0.1) is 6.92 Å². The number of ether oxygens (including phenoxy) is 2. The van der Waals surface area contributed by atoms with E-state index in [1.54, 1.807) is 24.3 Å². The van der Waals surface area contributed by atoms with Crippen LogP contribution in [0.3, 0.4) is 0 Å². The van der Waals surface area contributed by atoms with E-state index in [1.165, 1.54) is 24.3 Å². The molecule has 33 heavy (non-hydrogen) atoms. The van der Waals surface area contributed by atoms with Crippen molar-refractivity contribution in [3.63, 3.8) is 0 Å². The SMILES string of the molecule is Cc1cccc(Cn2nc(-c3ccc(OC(F)F)cc3)cc2-c2ccc(OC(F)F)cc2)c1. The molecule has 0 aliphatic heterocycles. The second-order valence-corrected chi connectivity index (χ2v) is 7.37. The number of aromatic nitrogens is 2. The minimum Gasteiger partial charge on any atom is -0.435 e. The third-order valence-electron chi connectivity index (χ3n) is 4.95. The molecule has 3 aromatic carbocycles. The van der Waals surface area contributed by atoms with E-state index in [2.05, 4.69) is 15.5 Å². The summed E-state index contributed by atoms with van der Waals surface area (Å²) in [6, 6.07) is 22.4. The number of hydrogen-bond donors (Lipinski definition) is 0. The van der Waals surface area contributed by atoms with Crippen molar-refractivity contribution in [3.05, 3.63) is 90.0 Å². The van der Waals surface area contributed by atoms with Crippen LogP contribution in [0.1, 0.15) is 11.1 Å². The Morgan fingerprint density at radius 3 is 1.88 bits per heavy atom. The fourth-order valence-electron chi connectivity index (χ4n) is 3.51. The van der Waals surface area contributed by atoms with Crippen LogP contribution >= 0.6 is 0 Å². The van der Waals surface area contributed by atoms with Crippen molar-refractivity contribution in [1.29, 1.82) is 0 Å². The van der Waals surface area contributed by atoms with Crippen LogP contribution < -0.4 is 9.47 Å². The summed E-state index contributed by atoms with van der Waals surface area (Å²) >= 11 is 0. The van der Waals surface area contributed by atoms with Gasteiger partial charge < -0.3 is 9.47 Å². The minimum atomic E-state index is -2.90. The smallest absolute Gasteiger partial charge is 0.387 e. The molecule has 0 fully saturated rings. The van der Waals surface area contributed by atoms with Crippen LogP contribution in [0.2, 0.25) is 0 Å². The zero-order chi connectivity index (χ0) is 23.4. The maximum absolute atomic E-state index is 12.5. The summed E-state index contributed by atoms with van der Waals surface area (Å²) in [7, 11) is 0. The van der Waals surface area contributed by atoms with E-state index in [4.69, 9.17) is 5.10 Å². The molecule has 0 atom stereocenters. The first-order chi connectivity index (χ1) is 15.9. The average molecular weight is 456 g/mol. The molecule has 0 bridgehead atoms. The van der Waals surface area contributed by atoms with Crippen molar-refractivity contribution < 1.29 is 27.0 Å². The molecule has 0 saturated carbocycles. The van der Waals surface area contributed by atoms with E-state index in [9.17, 15) is 17.6 Å². The molecule has 170 valence electrons. The fraction of sp³-hybridized carbons (Fsp3) is 0.160. The molecule has 4 rings (SSSR count). The Bertz CT molecular complexity index is 1210. The van der Waals surface area contributed by atoms with Crippen LogP contribution in [0.5, 0.6) is 11.5 Å². The van der Waals surface area contributed by atoms with E-state index in [0.29, 0.717) is 12.2 Å². The maximum atomic E-state index is 12.5. The van der Waals surface area contributed by atoms with Crippen molar-refractivity contribution in [2.75, 3.05) is 0 Å². The summed E-state index contributed by atoms with van der Waals surface area (Å²) < 4.78 is 60.5. The fourth-order valence-corrected chi connectivity index (χ4v) is 3.51. The van der Waals surface area contributed by atoms with Crippen LogP contribution in [-0.2, 0) is 6.54 Å². The number of aryl methyl sites for hydroxylation is 1. The van der Waals surface area contributed by atoms with Gasteiger partial charge in [-0.05, 0) is 67.1 Å². The lowest BCUT2D eigenvalue weighted by atomic mass is 10.1. The molecular weight excluding hydrogens is 436 g/mol. The van der Waals surface area contributed by atoms with Gasteiger partial charge in [0.2, 0.25) is 0 Å². The summed E-state index contributed by atoms with van der Waals surface area (Å²) in [4.78, 5) is 0. The Morgan fingerprint density at radius 2 is 1.33 bits per heavy atom. The normalized spacial score (nSPS) is 11.2. The molecule has 0 spiro atoms. The van der Waals surface area contributed by atoms with Crippen LogP contribution in [-0.4, -0.2) is 23.0 Å². The zero-order valence-corrected chi connectivity index (χ0v) is 17.6. The Kier molecular flexibility index (Phi) is 6.63. The summed E-state index contributed by atoms with van der Waals surface area (Å²) in [6.45, 7) is -3.30. The summed E-state index contributed by atoms with van der Waals surface area (Å²) in [5, 5.41) is 4.72. The van der Waals surface area contributed by atoms with E-state index < -0.39 is 13.2 Å². The molecule has 0 radical (unpaired) electrons. The topological polar surface area (TPSA) is 36.3 Å². The highest BCUT2D eigenvalue weighted by Gasteiger charge is 2.14. The van der Waals surface area contributed by atoms with Crippen molar-refractivity contribution in [3.8, 4) is 34.0 Å². The van der Waals surface area contributed by atoms with Gasteiger partial charge in [0, 0.05) is 11.1 Å². The van der Waals surface area contributed by atoms with Crippen molar-refractivity contribution >= 4 is 0 Å². The lowest BCUT2D eigenvalue weighted by Gasteiger charge is -2.10. The molecule has 4 nitrogen and oxygen atoms in total. The highest BCUT2D eigenvalue weighted by atomic mass is 19.3. The average Bonchev–Trinajstić information content (AvgIpc) is 3.17. The van der Waals surface area contributed by atoms with E-state index in [1.807, 2.05) is 35.9 Å². The van der Waals surface area contributed by atoms with Gasteiger partial charge in [-0.3, -0.25) is 4.68 Å². The maximum Gasteiger partial charge on any atom is 0.387 e. The molecule has 0 unspecified atom stereocenters. The van der Waals surface area contributed by atoms with Crippen molar-refractivity contribution in [2.45, 2.75) is 26.7 Å². The number of benzene rings is 3. The van der Waals surface area contributed by atoms with Crippen LogP contribution in [0.15, 0.2) is 78.9 Å². The molecule has 0 aliphatic rings. The van der Waals surface area contributed by atoms with Crippen LogP contribution in [0.25, 0.3) is 22.5 Å². The number of halogens is 4. The third kappa shape index (κ3) is 5.71. The molecule has 0 saturated heterocycles. The van der Waals surface area contributed by atoms with E-state index in [-0.39, 0.29) is 11.5 Å². The molecule has 1 heterocycles. The van der Waals surface area contributed by atoms with Crippen LogP contribution in [0.4, 0.5) is 17.6 Å². The predicted molar refractivity (Wildman–Crippen MR) is 117 cm³/mol. The summed E-state index contributed by atoms with van der Waals surface area (Å²) in [5.74, 6) is 0.121. The van der Waals surface area contributed by atoms with Gasteiger partial charge >= 0.3 is 13.2 Å². The van der Waals surface area contributed by atoms with Gasteiger partial charge in [-0.2, -0.15) is 22.7 Å². The zero-order valence-electron chi connectivity index (χ0n) is 17.6. The quantitative estimate of drug-likeness (QED) is 0.274. The van der Waals surface area contributed by atoms with Gasteiger partial charge in [0.15, 0.2) is 0 Å². The molecule has 4 aromatic rings. The van der Waals surface area contributed by atoms with Crippen molar-refractivity contribution in [2.24, 2.45) is 0 Å². The van der Waals surface area contributed by atoms with Gasteiger partial charge in [-0.15, -0.1) is 0 Å². The summed E-state index contributed by atoms with van der Waals surface area (Å²) in [5.41, 5.74) is 5.05. The first-order valence-electron chi connectivity index (χ1n) is 10.1. The molecular formula is C25H20F4N2O2. The van der Waals surface area contributed by atoms with Gasteiger partial charge in [-0.1, -0.05) is 29.8 Å². The Morgan fingerprint density at radius 1 is 0.758 bits per heavy atom. The molecule has 8 heteroatoms. The Balaban J connectivity index is 1.69. The third-order valence-corrected chi connectivity index (χ3v) is 4.95. The Hall–Kier alpha value is -3.81. The number of nitrogens with zero attached hydrogens (tertiary/aromatic N) is 2. The molecule has 0 aliphatic carbocycles. The van der Waals surface area contributed by atoms with Gasteiger partial charge in [0.05, 0.1) is 17.9 Å². The summed E-state index contributed by atoms with van der Waals surface area (Å²) in [6.07, 6.45) is 0. The minimum absolute atomic E-state index is 0.0581. The second kappa shape index (κ2) is 9.77. The standard InChI is InChI=1S/C25H20F4N2O2/c1-16-3-2-4-17(13-16)15-31-23(19-7-11-21(12-8-19)33-25(28)29)14-22(30-31)18-5-9-20(10-6-18)32-24(26)27/h2-14,24-25H,15H2,1H3. The molecule has 1 aromatic heterocycles. The monoisotopic (exact) mass is 456 g/mol. The largest absolute Gasteiger partial charge is 0.435 e. The molecule has 0 amide bonds. The van der Waals surface area contributed by atoms with Crippen molar-refractivity contribution in [1.82, 2.24) is 9.78 Å². The van der Waals surface area contributed by atoms with E-state index >= 15 is 0 Å². The number of alkyl halides is 4. The Labute approximate surface area is 188 Å². The van der Waals surface area contributed by atoms with Gasteiger partial charge in [0.1, 0.15) is 11.5 Å². The first-order valence-corrected chi connectivity index (χ1v) is 10.1. The van der Waals surface area contributed by atoms with Gasteiger partial charge in [0.25, 0.3) is 0 Å². The second-order valence-electron chi connectivity index (χ2n) is 7.37. The molecule has 0 N–H and O–H groups in total. The highest BCUT2D eigenvalue weighted by molar-refractivity contribution is 5.69. The predicted octanol–water partition coefficient (Wildman–Crippen LogP) is 6.78. The lowest BCUT2D eigenvalue weighted by Crippen LogP contribution is -2.04. The van der Waals surface area contributed by atoms with Gasteiger partial charge in [-0.25, -0.2) is 0 Å². The number of hydrogen-bond acceptors (Lipinski definition) is 3. The lowest BCUT2D eigenvalue weighted by molar-refractivity contribution is -0.0505.